The number of nitrogens with one attached hydrogen (secondary N) is 1. The quantitative estimate of drug-likeness (QED) is 0.876. The maximum atomic E-state index is 12.5. The lowest BCUT2D eigenvalue weighted by atomic mass is 9.95. The van der Waals surface area contributed by atoms with E-state index < -0.39 is 0 Å². The Kier molecular flexibility index (Phi) is 5.48. The normalized spacial score (nSPS) is 22.0. The summed E-state index contributed by atoms with van der Waals surface area (Å²) in [6.45, 7) is 4.59. The van der Waals surface area contributed by atoms with E-state index >= 15 is 0 Å². The Hall–Kier alpha value is -2.28. The standard InChI is InChI=1S/C20H28N6O/c1-2-25-13-12-22-20(27)17(25)14-18-23-19(15-8-10-21-11-9-15)24-26(18)16-6-4-3-5-7-16/h8-11,16-17H,2-7,12-14H2,1H3,(H,22,27)/t17-/m1/s1. The van der Waals surface area contributed by atoms with Gasteiger partial charge in [-0.3, -0.25) is 14.7 Å². The van der Waals surface area contributed by atoms with Crippen LogP contribution < -0.4 is 5.32 Å². The third kappa shape index (κ3) is 3.88. The van der Waals surface area contributed by atoms with Crippen molar-refractivity contribution < 1.29 is 4.79 Å². The number of nitrogens with zero attached hydrogens (tertiary/aromatic N) is 5. The van der Waals surface area contributed by atoms with Crippen molar-refractivity contribution in [1.29, 1.82) is 0 Å². The van der Waals surface area contributed by atoms with Crippen molar-refractivity contribution >= 4 is 5.91 Å². The molecule has 0 bridgehead atoms. The molecule has 0 radical (unpaired) electrons. The van der Waals surface area contributed by atoms with E-state index in [4.69, 9.17) is 10.1 Å². The Bertz CT molecular complexity index is 768. The molecule has 1 saturated heterocycles. The Morgan fingerprint density at radius 3 is 2.70 bits per heavy atom. The molecule has 2 aliphatic rings. The predicted octanol–water partition coefficient (Wildman–Crippen LogP) is 2.21. The largest absolute Gasteiger partial charge is 0.353 e. The first kappa shape index (κ1) is 18.1. The number of hydrogen-bond acceptors (Lipinski definition) is 5. The molecule has 0 aromatic carbocycles. The fraction of sp³-hybridized carbons (Fsp3) is 0.600. The van der Waals surface area contributed by atoms with Crippen LogP contribution in [0.3, 0.4) is 0 Å². The van der Waals surface area contributed by atoms with Gasteiger partial charge >= 0.3 is 0 Å². The third-order valence-electron chi connectivity index (χ3n) is 5.78. The molecule has 27 heavy (non-hydrogen) atoms. The summed E-state index contributed by atoms with van der Waals surface area (Å²) in [7, 11) is 0. The van der Waals surface area contributed by atoms with E-state index in [0.29, 0.717) is 12.5 Å². The number of amides is 1. The SMILES string of the molecule is CCN1CCNC(=O)[C@H]1Cc1nc(-c2ccncc2)nn1C1CCCCC1. The lowest BCUT2D eigenvalue weighted by Gasteiger charge is -2.34. The number of carbonyl (C=O) groups excluding carboxylic acids is 1. The lowest BCUT2D eigenvalue weighted by Crippen LogP contribution is -2.56. The summed E-state index contributed by atoms with van der Waals surface area (Å²) in [6, 6.07) is 4.10. The van der Waals surface area contributed by atoms with Gasteiger partial charge in [-0.05, 0) is 31.5 Å². The number of pyridine rings is 1. The highest BCUT2D eigenvalue weighted by molar-refractivity contribution is 5.82. The highest BCUT2D eigenvalue weighted by Gasteiger charge is 2.32. The van der Waals surface area contributed by atoms with Gasteiger partial charge in [0.2, 0.25) is 5.91 Å². The summed E-state index contributed by atoms with van der Waals surface area (Å²) in [5.41, 5.74) is 0.973. The second-order valence-electron chi connectivity index (χ2n) is 7.46. The van der Waals surface area contributed by atoms with E-state index in [1.54, 1.807) is 12.4 Å². The zero-order valence-electron chi connectivity index (χ0n) is 16.0. The van der Waals surface area contributed by atoms with E-state index in [2.05, 4.69) is 26.8 Å². The number of likely N-dealkylation sites (N-methyl/N-ethyl adjacent to an activating group) is 1. The molecule has 7 heteroatoms. The second-order valence-corrected chi connectivity index (χ2v) is 7.46. The van der Waals surface area contributed by atoms with Crippen LogP contribution in [0.4, 0.5) is 0 Å². The number of rotatable bonds is 5. The van der Waals surface area contributed by atoms with Gasteiger partial charge < -0.3 is 5.32 Å². The smallest absolute Gasteiger partial charge is 0.237 e. The van der Waals surface area contributed by atoms with Crippen LogP contribution in [-0.2, 0) is 11.2 Å². The number of aromatic nitrogens is 4. The van der Waals surface area contributed by atoms with Crippen LogP contribution in [0.1, 0.15) is 50.9 Å². The van der Waals surface area contributed by atoms with Crippen LogP contribution in [0.25, 0.3) is 11.4 Å². The molecule has 2 fully saturated rings. The molecule has 1 aliphatic heterocycles. The summed E-state index contributed by atoms with van der Waals surface area (Å²) in [4.78, 5) is 23.7. The van der Waals surface area contributed by atoms with E-state index in [9.17, 15) is 4.79 Å². The van der Waals surface area contributed by atoms with Crippen molar-refractivity contribution in [3.8, 4) is 11.4 Å². The summed E-state index contributed by atoms with van der Waals surface area (Å²) in [5, 5.41) is 7.88. The van der Waals surface area contributed by atoms with Gasteiger partial charge in [-0.1, -0.05) is 26.2 Å². The van der Waals surface area contributed by atoms with Gasteiger partial charge in [0.1, 0.15) is 5.82 Å². The summed E-state index contributed by atoms with van der Waals surface area (Å²) < 4.78 is 2.12. The van der Waals surface area contributed by atoms with Crippen molar-refractivity contribution in [2.45, 2.75) is 57.5 Å². The molecular weight excluding hydrogens is 340 g/mol. The van der Waals surface area contributed by atoms with E-state index in [-0.39, 0.29) is 11.9 Å². The molecule has 0 spiro atoms. The minimum Gasteiger partial charge on any atom is -0.353 e. The molecule has 1 atom stereocenters. The van der Waals surface area contributed by atoms with Crippen LogP contribution in [-0.4, -0.2) is 56.2 Å². The summed E-state index contributed by atoms with van der Waals surface area (Å²) in [6.07, 6.45) is 10.2. The van der Waals surface area contributed by atoms with Gasteiger partial charge in [0.05, 0.1) is 12.1 Å². The van der Waals surface area contributed by atoms with Crippen molar-refractivity contribution in [1.82, 2.24) is 30.0 Å². The number of hydrogen-bond donors (Lipinski definition) is 1. The topological polar surface area (TPSA) is 75.9 Å². The van der Waals surface area contributed by atoms with Crippen LogP contribution >= 0.6 is 0 Å². The predicted molar refractivity (Wildman–Crippen MR) is 103 cm³/mol. The van der Waals surface area contributed by atoms with Crippen molar-refractivity contribution in [3.63, 3.8) is 0 Å². The third-order valence-corrected chi connectivity index (χ3v) is 5.78. The molecule has 4 rings (SSSR count). The maximum absolute atomic E-state index is 12.5. The molecule has 1 amide bonds. The Balaban J connectivity index is 1.67. The van der Waals surface area contributed by atoms with E-state index in [0.717, 1.165) is 49.7 Å². The highest BCUT2D eigenvalue weighted by atomic mass is 16.2. The minimum absolute atomic E-state index is 0.103. The Morgan fingerprint density at radius 1 is 1.19 bits per heavy atom. The molecule has 1 aliphatic carbocycles. The molecule has 1 N–H and O–H groups in total. The summed E-state index contributed by atoms with van der Waals surface area (Å²) >= 11 is 0. The van der Waals surface area contributed by atoms with Gasteiger partial charge in [-0.2, -0.15) is 5.10 Å². The fourth-order valence-electron chi connectivity index (χ4n) is 4.27. The van der Waals surface area contributed by atoms with Crippen molar-refractivity contribution in [2.24, 2.45) is 0 Å². The van der Waals surface area contributed by atoms with Gasteiger partial charge in [-0.15, -0.1) is 0 Å². The molecule has 2 aromatic rings. The van der Waals surface area contributed by atoms with Crippen molar-refractivity contribution in [2.75, 3.05) is 19.6 Å². The van der Waals surface area contributed by atoms with Gasteiger partial charge in [0, 0.05) is 37.5 Å². The van der Waals surface area contributed by atoms with E-state index in [1.807, 2.05) is 12.1 Å². The average Bonchev–Trinajstić information content (AvgIpc) is 3.15. The summed E-state index contributed by atoms with van der Waals surface area (Å²) in [5.74, 6) is 1.76. The molecule has 0 unspecified atom stereocenters. The zero-order valence-corrected chi connectivity index (χ0v) is 16.0. The molecule has 1 saturated carbocycles. The van der Waals surface area contributed by atoms with Crippen LogP contribution in [0, 0.1) is 0 Å². The van der Waals surface area contributed by atoms with Gasteiger partial charge in [-0.25, -0.2) is 9.67 Å². The van der Waals surface area contributed by atoms with Gasteiger partial charge in [0.15, 0.2) is 5.82 Å². The second kappa shape index (κ2) is 8.17. The minimum atomic E-state index is -0.166. The zero-order chi connectivity index (χ0) is 18.6. The molecular formula is C20H28N6O. The molecule has 144 valence electrons. The Labute approximate surface area is 160 Å². The fourth-order valence-corrected chi connectivity index (χ4v) is 4.27. The molecule has 7 nitrogen and oxygen atoms in total. The maximum Gasteiger partial charge on any atom is 0.237 e. The van der Waals surface area contributed by atoms with Crippen molar-refractivity contribution in [3.05, 3.63) is 30.4 Å². The number of carbonyl (C=O) groups is 1. The van der Waals surface area contributed by atoms with Crippen LogP contribution in [0.5, 0.6) is 0 Å². The average molecular weight is 368 g/mol. The first-order valence-electron chi connectivity index (χ1n) is 10.1. The van der Waals surface area contributed by atoms with Crippen LogP contribution in [0.15, 0.2) is 24.5 Å². The monoisotopic (exact) mass is 368 g/mol. The first-order chi connectivity index (χ1) is 13.3. The lowest BCUT2D eigenvalue weighted by molar-refractivity contribution is -0.128. The number of piperazine rings is 1. The van der Waals surface area contributed by atoms with Crippen LogP contribution in [0.2, 0.25) is 0 Å². The Morgan fingerprint density at radius 2 is 1.96 bits per heavy atom. The highest BCUT2D eigenvalue weighted by Crippen LogP contribution is 2.30. The van der Waals surface area contributed by atoms with Gasteiger partial charge in [0.25, 0.3) is 0 Å². The molecule has 3 heterocycles. The molecule has 2 aromatic heterocycles. The van der Waals surface area contributed by atoms with E-state index in [1.165, 1.54) is 19.3 Å². The first-order valence-corrected chi connectivity index (χ1v) is 10.1.